The van der Waals surface area contributed by atoms with Crippen molar-refractivity contribution >= 4 is 46.7 Å². The summed E-state index contributed by atoms with van der Waals surface area (Å²) in [6.45, 7) is 2.20. The third-order valence-electron chi connectivity index (χ3n) is 4.74. The highest BCUT2D eigenvalue weighted by atomic mass is 35.5. The lowest BCUT2D eigenvalue weighted by molar-refractivity contribution is -0.114. The molecule has 10 heteroatoms. The molecular formula is C22H22Cl2N4O4. The molecule has 0 spiro atoms. The van der Waals surface area contributed by atoms with Crippen LogP contribution in [0.5, 0.6) is 0 Å². The van der Waals surface area contributed by atoms with E-state index in [4.69, 9.17) is 33.4 Å². The molecular weight excluding hydrogens is 455 g/mol. The number of aromatic amines is 1. The summed E-state index contributed by atoms with van der Waals surface area (Å²) in [6, 6.07) is 8.17. The van der Waals surface area contributed by atoms with Crippen LogP contribution >= 0.6 is 23.2 Å². The molecule has 8 nitrogen and oxygen atoms in total. The first kappa shape index (κ1) is 23.4. The number of rotatable bonds is 8. The Hall–Kier alpha value is -3.23. The normalized spacial score (nSPS) is 11.2. The molecule has 0 saturated heterocycles. The van der Waals surface area contributed by atoms with Gasteiger partial charge in [0.25, 0.3) is 11.5 Å². The van der Waals surface area contributed by atoms with Gasteiger partial charge in [0.1, 0.15) is 11.6 Å². The Balaban J connectivity index is 2.06. The van der Waals surface area contributed by atoms with Crippen LogP contribution in [0.15, 0.2) is 56.7 Å². The van der Waals surface area contributed by atoms with Crippen molar-refractivity contribution in [3.8, 4) is 0 Å². The number of unbranched alkanes of at least 4 members (excludes halogenated alkanes) is 1. The number of hydrogen-bond acceptors (Lipinski definition) is 5. The van der Waals surface area contributed by atoms with Crippen LogP contribution in [0.3, 0.4) is 0 Å². The molecule has 0 aliphatic heterocycles. The number of benzene rings is 1. The number of H-pyrrole nitrogens is 1. The highest BCUT2D eigenvalue weighted by Gasteiger charge is 2.24. The van der Waals surface area contributed by atoms with Gasteiger partial charge in [-0.05, 0) is 48.4 Å². The van der Waals surface area contributed by atoms with Gasteiger partial charge in [-0.25, -0.2) is 4.79 Å². The highest BCUT2D eigenvalue weighted by molar-refractivity contribution is 6.34. The molecule has 0 bridgehead atoms. The van der Waals surface area contributed by atoms with Gasteiger partial charge in [-0.3, -0.25) is 24.0 Å². The van der Waals surface area contributed by atoms with Crippen LogP contribution in [-0.2, 0) is 17.9 Å². The molecule has 2 aromatic heterocycles. The summed E-state index contributed by atoms with van der Waals surface area (Å²) in [5.74, 6) is -0.228. The number of carbonyl (C=O) groups is 1. The number of nitrogens with two attached hydrogens (primary N) is 1. The van der Waals surface area contributed by atoms with Gasteiger partial charge in [-0.2, -0.15) is 0 Å². The second-order valence-electron chi connectivity index (χ2n) is 7.00. The molecule has 0 aliphatic carbocycles. The maximum Gasteiger partial charge on any atom is 0.330 e. The van der Waals surface area contributed by atoms with Gasteiger partial charge in [0.05, 0.1) is 12.8 Å². The smallest absolute Gasteiger partial charge is 0.330 e. The Morgan fingerprint density at radius 2 is 2.06 bits per heavy atom. The average Bonchev–Trinajstić information content (AvgIpc) is 3.26. The number of amides is 1. The van der Waals surface area contributed by atoms with Gasteiger partial charge >= 0.3 is 5.69 Å². The van der Waals surface area contributed by atoms with Crippen molar-refractivity contribution in [3.63, 3.8) is 0 Å². The number of hydrogen-bond donors (Lipinski definition) is 2. The Morgan fingerprint density at radius 1 is 1.28 bits per heavy atom. The number of anilines is 2. The molecule has 0 unspecified atom stereocenters. The maximum atomic E-state index is 13.2. The number of halogens is 2. The zero-order chi connectivity index (χ0) is 23.3. The molecule has 3 rings (SSSR count). The molecule has 32 heavy (non-hydrogen) atoms. The van der Waals surface area contributed by atoms with E-state index in [9.17, 15) is 14.4 Å². The topological polar surface area (TPSA) is 114 Å². The molecule has 168 valence electrons. The minimum Gasteiger partial charge on any atom is -0.467 e. The molecule has 0 fully saturated rings. The van der Waals surface area contributed by atoms with E-state index < -0.39 is 17.2 Å². The van der Waals surface area contributed by atoms with E-state index in [2.05, 4.69) is 4.98 Å². The first-order valence-corrected chi connectivity index (χ1v) is 10.7. The first-order chi connectivity index (χ1) is 15.3. The second-order valence-corrected chi connectivity index (χ2v) is 7.84. The van der Waals surface area contributed by atoms with Crippen LogP contribution in [0.1, 0.15) is 31.1 Å². The number of furan rings is 1. The average molecular weight is 477 g/mol. The van der Waals surface area contributed by atoms with E-state index in [-0.39, 0.29) is 18.1 Å². The van der Waals surface area contributed by atoms with Crippen LogP contribution < -0.4 is 21.9 Å². The summed E-state index contributed by atoms with van der Waals surface area (Å²) in [6.07, 6.45) is 5.69. The van der Waals surface area contributed by atoms with Crippen molar-refractivity contribution in [1.82, 2.24) is 9.55 Å². The van der Waals surface area contributed by atoms with Gasteiger partial charge in [0.2, 0.25) is 0 Å². The standard InChI is InChI=1S/C22H22Cl2N4O4/c1-2-3-10-27-20(25)19(21(30)26-22(27)31)28(13-16-5-4-11-32-16)18(29)9-6-14-12-15(23)7-8-17(14)24/h4-9,11-12H,2-3,10,13,25H2,1H3,(H,26,30,31)/b9-6+. The molecule has 0 radical (unpaired) electrons. The third kappa shape index (κ3) is 5.33. The van der Waals surface area contributed by atoms with Crippen LogP contribution in [0.4, 0.5) is 11.5 Å². The Morgan fingerprint density at radius 3 is 2.75 bits per heavy atom. The highest BCUT2D eigenvalue weighted by Crippen LogP contribution is 2.24. The summed E-state index contributed by atoms with van der Waals surface area (Å²) in [5.41, 5.74) is 5.20. The van der Waals surface area contributed by atoms with Crippen molar-refractivity contribution in [2.75, 3.05) is 10.6 Å². The van der Waals surface area contributed by atoms with Crippen molar-refractivity contribution in [2.45, 2.75) is 32.9 Å². The number of nitrogens with zero attached hydrogens (tertiary/aromatic N) is 2. The predicted octanol–water partition coefficient (Wildman–Crippen LogP) is 4.07. The fraction of sp³-hybridized carbons (Fsp3) is 0.227. The molecule has 2 heterocycles. The summed E-state index contributed by atoms with van der Waals surface area (Å²) in [5, 5.41) is 0.860. The lowest BCUT2D eigenvalue weighted by Gasteiger charge is -2.22. The molecule has 3 aromatic rings. The van der Waals surface area contributed by atoms with Gasteiger partial charge < -0.3 is 10.2 Å². The van der Waals surface area contributed by atoms with Gasteiger partial charge in [0.15, 0.2) is 5.69 Å². The fourth-order valence-corrected chi connectivity index (χ4v) is 3.46. The molecule has 3 N–H and O–H groups in total. The van der Waals surface area contributed by atoms with Crippen LogP contribution in [0.25, 0.3) is 6.08 Å². The van der Waals surface area contributed by atoms with E-state index in [1.165, 1.54) is 23.0 Å². The quantitative estimate of drug-likeness (QED) is 0.475. The van der Waals surface area contributed by atoms with Crippen molar-refractivity contribution < 1.29 is 9.21 Å². The van der Waals surface area contributed by atoms with Crippen LogP contribution in [0, 0.1) is 0 Å². The zero-order valence-corrected chi connectivity index (χ0v) is 18.8. The van der Waals surface area contributed by atoms with E-state index in [0.29, 0.717) is 34.3 Å². The van der Waals surface area contributed by atoms with Gasteiger partial charge in [-0.1, -0.05) is 36.5 Å². The molecule has 1 aromatic carbocycles. The fourth-order valence-electron chi connectivity index (χ4n) is 3.10. The van der Waals surface area contributed by atoms with Gasteiger partial charge in [-0.15, -0.1) is 0 Å². The summed E-state index contributed by atoms with van der Waals surface area (Å²) >= 11 is 12.2. The minimum absolute atomic E-state index is 0.0707. The number of nitrogens with one attached hydrogen (secondary N) is 1. The van der Waals surface area contributed by atoms with Crippen molar-refractivity contribution in [3.05, 3.63) is 84.9 Å². The van der Waals surface area contributed by atoms with Crippen LogP contribution in [0.2, 0.25) is 10.0 Å². The van der Waals surface area contributed by atoms with Gasteiger partial charge in [0, 0.05) is 22.7 Å². The lowest BCUT2D eigenvalue weighted by atomic mass is 10.2. The molecule has 0 aliphatic rings. The summed E-state index contributed by atoms with van der Waals surface area (Å²) in [7, 11) is 0. The Bertz CT molecular complexity index is 1250. The monoisotopic (exact) mass is 476 g/mol. The SMILES string of the molecule is CCCCn1c(N)c(N(Cc2ccco2)C(=O)/C=C/c2cc(Cl)ccc2Cl)c(=O)[nH]c1=O. The first-order valence-electron chi connectivity index (χ1n) is 9.91. The molecule has 1 amide bonds. The maximum absolute atomic E-state index is 13.2. The van der Waals surface area contributed by atoms with Crippen LogP contribution in [-0.4, -0.2) is 15.5 Å². The van der Waals surface area contributed by atoms with E-state index in [1.807, 2.05) is 6.92 Å². The number of aromatic nitrogens is 2. The lowest BCUT2D eigenvalue weighted by Crippen LogP contribution is -2.40. The number of nitrogen functional groups attached to an aromatic ring is 1. The summed E-state index contributed by atoms with van der Waals surface area (Å²) in [4.78, 5) is 41.6. The van der Waals surface area contributed by atoms with Crippen molar-refractivity contribution in [2.24, 2.45) is 0 Å². The largest absolute Gasteiger partial charge is 0.467 e. The molecule has 0 atom stereocenters. The van der Waals surface area contributed by atoms with E-state index >= 15 is 0 Å². The minimum atomic E-state index is -0.769. The number of carbonyl (C=O) groups excluding carboxylic acids is 1. The van der Waals surface area contributed by atoms with Crippen molar-refractivity contribution in [1.29, 1.82) is 0 Å². The predicted molar refractivity (Wildman–Crippen MR) is 126 cm³/mol. The Labute approximate surface area is 193 Å². The second kappa shape index (κ2) is 10.4. The Kier molecular flexibility index (Phi) is 7.61. The van der Waals surface area contributed by atoms with E-state index in [0.717, 1.165) is 11.3 Å². The molecule has 0 saturated carbocycles. The zero-order valence-electron chi connectivity index (χ0n) is 17.3. The third-order valence-corrected chi connectivity index (χ3v) is 5.32. The summed E-state index contributed by atoms with van der Waals surface area (Å²) < 4.78 is 6.60. The van der Waals surface area contributed by atoms with E-state index in [1.54, 1.807) is 30.3 Å².